The van der Waals surface area contributed by atoms with Crippen molar-refractivity contribution in [1.29, 1.82) is 0 Å². The minimum Gasteiger partial charge on any atom is -0.378 e. The first-order valence-corrected chi connectivity index (χ1v) is 6.00. The zero-order valence-electron chi connectivity index (χ0n) is 10.1. The van der Waals surface area contributed by atoms with Crippen LogP contribution in [0, 0.1) is 5.92 Å². The highest BCUT2D eigenvalue weighted by molar-refractivity contribution is 5.76. The second-order valence-corrected chi connectivity index (χ2v) is 4.77. The molecule has 0 aromatic rings. The summed E-state index contributed by atoms with van der Waals surface area (Å²) in [6, 6.07) is 0.266. The van der Waals surface area contributed by atoms with E-state index in [2.05, 4.69) is 26.1 Å². The normalized spacial score (nSPS) is 23.1. The molecule has 3 heteroatoms. The Bertz CT molecular complexity index is 198. The Balaban J connectivity index is 2.12. The fraction of sp³-hybridized carbons (Fsp3) is 0.917. The van der Waals surface area contributed by atoms with E-state index in [1.54, 1.807) is 0 Å². The summed E-state index contributed by atoms with van der Waals surface area (Å²) in [5, 5.41) is 3.01. The monoisotopic (exact) mass is 213 g/mol. The molecule has 1 heterocycles. The third-order valence-electron chi connectivity index (χ3n) is 3.11. The first-order chi connectivity index (χ1) is 7.09. The van der Waals surface area contributed by atoms with E-state index in [9.17, 15) is 4.79 Å². The average molecular weight is 213 g/mol. The number of carbonyl (C=O) groups excluding carboxylic acids is 1. The Hall–Kier alpha value is -0.570. The maximum absolute atomic E-state index is 11.5. The Kier molecular flexibility index (Phi) is 5.09. The second-order valence-electron chi connectivity index (χ2n) is 4.77. The lowest BCUT2D eigenvalue weighted by Gasteiger charge is -2.18. The predicted octanol–water partition coefficient (Wildman–Crippen LogP) is 2.11. The topological polar surface area (TPSA) is 38.3 Å². The van der Waals surface area contributed by atoms with Crippen molar-refractivity contribution in [2.45, 2.75) is 58.6 Å². The van der Waals surface area contributed by atoms with Crippen LogP contribution < -0.4 is 5.32 Å². The van der Waals surface area contributed by atoms with Gasteiger partial charge in [0, 0.05) is 19.1 Å². The Morgan fingerprint density at radius 3 is 2.73 bits per heavy atom. The van der Waals surface area contributed by atoms with Crippen LogP contribution in [0.4, 0.5) is 0 Å². The molecule has 3 nitrogen and oxygen atoms in total. The van der Waals surface area contributed by atoms with Gasteiger partial charge in [-0.3, -0.25) is 4.79 Å². The molecule has 2 atom stereocenters. The summed E-state index contributed by atoms with van der Waals surface area (Å²) >= 11 is 0. The van der Waals surface area contributed by atoms with Gasteiger partial charge in [0.15, 0.2) is 0 Å². The summed E-state index contributed by atoms with van der Waals surface area (Å²) in [5.74, 6) is 0.656. The molecule has 1 saturated heterocycles. The standard InChI is InChI=1S/C12H23NO2/c1-9(2)10(3)13-12(14)7-6-11-5-4-8-15-11/h9-11H,4-8H2,1-3H3,(H,13,14). The van der Waals surface area contributed by atoms with E-state index in [0.717, 1.165) is 25.9 Å². The fourth-order valence-electron chi connectivity index (χ4n) is 1.66. The first-order valence-electron chi connectivity index (χ1n) is 6.00. The van der Waals surface area contributed by atoms with Crippen LogP contribution in [-0.4, -0.2) is 24.7 Å². The number of hydrogen-bond donors (Lipinski definition) is 1. The van der Waals surface area contributed by atoms with E-state index in [4.69, 9.17) is 4.74 Å². The number of hydrogen-bond acceptors (Lipinski definition) is 2. The van der Waals surface area contributed by atoms with E-state index in [0.29, 0.717) is 18.4 Å². The number of amides is 1. The van der Waals surface area contributed by atoms with Crippen molar-refractivity contribution in [1.82, 2.24) is 5.32 Å². The van der Waals surface area contributed by atoms with Crippen LogP contribution in [-0.2, 0) is 9.53 Å². The van der Waals surface area contributed by atoms with Gasteiger partial charge in [0.2, 0.25) is 5.91 Å². The summed E-state index contributed by atoms with van der Waals surface area (Å²) in [4.78, 5) is 11.5. The Morgan fingerprint density at radius 1 is 1.47 bits per heavy atom. The molecule has 1 aliphatic rings. The largest absolute Gasteiger partial charge is 0.378 e. The minimum atomic E-state index is 0.159. The third kappa shape index (κ3) is 4.65. The lowest BCUT2D eigenvalue weighted by molar-refractivity contribution is -0.122. The molecule has 15 heavy (non-hydrogen) atoms. The van der Waals surface area contributed by atoms with Crippen LogP contribution in [0.5, 0.6) is 0 Å². The highest BCUT2D eigenvalue weighted by atomic mass is 16.5. The van der Waals surface area contributed by atoms with Crippen molar-refractivity contribution in [3.05, 3.63) is 0 Å². The molecule has 1 rings (SSSR count). The van der Waals surface area contributed by atoms with Crippen molar-refractivity contribution >= 4 is 5.91 Å². The highest BCUT2D eigenvalue weighted by Crippen LogP contribution is 2.16. The molecule has 0 aliphatic carbocycles. The van der Waals surface area contributed by atoms with Crippen LogP contribution in [0.25, 0.3) is 0 Å². The molecule has 0 aromatic heterocycles. The van der Waals surface area contributed by atoms with E-state index < -0.39 is 0 Å². The maximum Gasteiger partial charge on any atom is 0.220 e. The fourth-order valence-corrected chi connectivity index (χ4v) is 1.66. The minimum absolute atomic E-state index is 0.159. The Morgan fingerprint density at radius 2 is 2.20 bits per heavy atom. The van der Waals surface area contributed by atoms with E-state index in [1.807, 2.05) is 0 Å². The van der Waals surface area contributed by atoms with Gasteiger partial charge in [-0.2, -0.15) is 0 Å². The van der Waals surface area contributed by atoms with Crippen LogP contribution in [0.2, 0.25) is 0 Å². The number of rotatable bonds is 5. The van der Waals surface area contributed by atoms with E-state index in [-0.39, 0.29) is 11.9 Å². The summed E-state index contributed by atoms with van der Waals surface area (Å²) in [5.41, 5.74) is 0. The van der Waals surface area contributed by atoms with Gasteiger partial charge in [-0.1, -0.05) is 13.8 Å². The van der Waals surface area contributed by atoms with Gasteiger partial charge in [0.05, 0.1) is 6.10 Å². The SMILES string of the molecule is CC(C)C(C)NC(=O)CCC1CCCO1. The van der Waals surface area contributed by atoms with Gasteiger partial charge in [0.25, 0.3) is 0 Å². The summed E-state index contributed by atoms with van der Waals surface area (Å²) in [7, 11) is 0. The van der Waals surface area contributed by atoms with Gasteiger partial charge in [-0.05, 0) is 32.1 Å². The van der Waals surface area contributed by atoms with Gasteiger partial charge in [-0.15, -0.1) is 0 Å². The van der Waals surface area contributed by atoms with Crippen LogP contribution >= 0.6 is 0 Å². The van der Waals surface area contributed by atoms with Crippen molar-refractivity contribution in [2.75, 3.05) is 6.61 Å². The molecule has 1 aliphatic heterocycles. The van der Waals surface area contributed by atoms with Crippen molar-refractivity contribution in [3.8, 4) is 0 Å². The van der Waals surface area contributed by atoms with Crippen molar-refractivity contribution in [3.63, 3.8) is 0 Å². The molecule has 0 spiro atoms. The van der Waals surface area contributed by atoms with Crippen LogP contribution in [0.3, 0.4) is 0 Å². The average Bonchev–Trinajstić information content (AvgIpc) is 2.66. The molecular weight excluding hydrogens is 190 g/mol. The number of nitrogens with one attached hydrogen (secondary N) is 1. The smallest absolute Gasteiger partial charge is 0.220 e. The molecule has 2 unspecified atom stereocenters. The summed E-state index contributed by atoms with van der Waals surface area (Å²) in [6.07, 6.45) is 4.06. The van der Waals surface area contributed by atoms with Gasteiger partial charge in [0.1, 0.15) is 0 Å². The van der Waals surface area contributed by atoms with Crippen LogP contribution in [0.1, 0.15) is 46.5 Å². The number of carbonyl (C=O) groups is 1. The molecule has 0 aromatic carbocycles. The molecule has 0 bridgehead atoms. The van der Waals surface area contributed by atoms with Crippen LogP contribution in [0.15, 0.2) is 0 Å². The zero-order chi connectivity index (χ0) is 11.3. The van der Waals surface area contributed by atoms with Gasteiger partial charge >= 0.3 is 0 Å². The molecular formula is C12H23NO2. The zero-order valence-corrected chi connectivity index (χ0v) is 10.1. The Labute approximate surface area is 92.6 Å². The van der Waals surface area contributed by atoms with E-state index in [1.165, 1.54) is 0 Å². The third-order valence-corrected chi connectivity index (χ3v) is 3.11. The lowest BCUT2D eigenvalue weighted by atomic mass is 10.1. The second kappa shape index (κ2) is 6.11. The highest BCUT2D eigenvalue weighted by Gasteiger charge is 2.17. The molecule has 0 radical (unpaired) electrons. The number of ether oxygens (including phenoxy) is 1. The first kappa shape index (κ1) is 12.5. The summed E-state index contributed by atoms with van der Waals surface area (Å²) < 4.78 is 5.48. The predicted molar refractivity (Wildman–Crippen MR) is 60.7 cm³/mol. The van der Waals surface area contributed by atoms with E-state index >= 15 is 0 Å². The van der Waals surface area contributed by atoms with Crippen molar-refractivity contribution in [2.24, 2.45) is 5.92 Å². The molecule has 1 amide bonds. The van der Waals surface area contributed by atoms with Gasteiger partial charge < -0.3 is 10.1 Å². The molecule has 0 saturated carbocycles. The summed E-state index contributed by atoms with van der Waals surface area (Å²) in [6.45, 7) is 7.15. The lowest BCUT2D eigenvalue weighted by Crippen LogP contribution is -2.36. The molecule has 88 valence electrons. The van der Waals surface area contributed by atoms with Crippen molar-refractivity contribution < 1.29 is 9.53 Å². The van der Waals surface area contributed by atoms with Gasteiger partial charge in [-0.25, -0.2) is 0 Å². The molecule has 1 N–H and O–H groups in total. The maximum atomic E-state index is 11.5. The molecule has 1 fully saturated rings. The quantitative estimate of drug-likeness (QED) is 0.759.